The van der Waals surface area contributed by atoms with E-state index in [0.29, 0.717) is 32.1 Å². The van der Waals surface area contributed by atoms with Crippen molar-refractivity contribution in [2.75, 3.05) is 31.6 Å². The van der Waals surface area contributed by atoms with Crippen LogP contribution in [-0.4, -0.2) is 86.6 Å². The molecule has 4 fully saturated rings. The molecule has 2 saturated carbocycles. The summed E-state index contributed by atoms with van der Waals surface area (Å²) in [5.74, 6) is 1.30. The molecular formula is C34H44N4O7S. The van der Waals surface area contributed by atoms with E-state index in [0.717, 1.165) is 41.9 Å². The molecule has 3 N–H and O–H groups in total. The van der Waals surface area contributed by atoms with Gasteiger partial charge in [0.1, 0.15) is 11.9 Å². The second kappa shape index (κ2) is 12.9. The summed E-state index contributed by atoms with van der Waals surface area (Å²) in [4.78, 5) is 18.3. The normalized spacial score (nSPS) is 28.7. The number of nitrogens with zero attached hydrogens (tertiary/aromatic N) is 2. The molecule has 11 nitrogen and oxygen atoms in total. The second-order valence-electron chi connectivity index (χ2n) is 13.9. The molecule has 5 aliphatic rings. The summed E-state index contributed by atoms with van der Waals surface area (Å²) in [6, 6.07) is 14.2. The molecule has 12 heteroatoms. The number of nitrogens with one attached hydrogen (secondary N) is 2. The van der Waals surface area contributed by atoms with Gasteiger partial charge >= 0.3 is 6.09 Å². The highest BCUT2D eigenvalue weighted by atomic mass is 32.2. The summed E-state index contributed by atoms with van der Waals surface area (Å²) in [6.07, 6.45) is 1.57. The first-order valence-electron chi connectivity index (χ1n) is 16.5. The van der Waals surface area contributed by atoms with Crippen molar-refractivity contribution in [3.8, 4) is 0 Å². The van der Waals surface area contributed by atoms with E-state index in [-0.39, 0.29) is 54.1 Å². The Morgan fingerprint density at radius 3 is 2.65 bits per heavy atom. The molecule has 7 rings (SSSR count). The number of carbonyl (C=O) groups excluding carboxylic acids is 1. The second-order valence-corrected chi connectivity index (χ2v) is 15.8. The quantitative estimate of drug-likeness (QED) is 0.317. The van der Waals surface area contributed by atoms with E-state index in [2.05, 4.69) is 10.6 Å². The highest BCUT2D eigenvalue weighted by molar-refractivity contribution is 7.89. The molecule has 2 aromatic carbocycles. The maximum absolute atomic E-state index is 14.1. The number of amidine groups is 1. The van der Waals surface area contributed by atoms with Crippen LogP contribution in [0.25, 0.3) is 0 Å². The highest BCUT2D eigenvalue weighted by Crippen LogP contribution is 2.49. The molecule has 3 aliphatic heterocycles. The van der Waals surface area contributed by atoms with Crippen LogP contribution in [0.1, 0.15) is 44.2 Å². The number of amides is 1. The first-order valence-corrected chi connectivity index (χ1v) is 18.0. The third-order valence-corrected chi connectivity index (χ3v) is 11.6. The number of sulfonamides is 1. The SMILES string of the molecule is CC(C)CN(C[C@@H](O)[C@H](Cc1ccccc1)NC(=O)O[C@H]1C2CO[C@H]3OCC1C3C2)S(=O)(=O)c1ccc2c(c1)CC(=NC1CC1)N2. The monoisotopic (exact) mass is 652 g/mol. The Labute approximate surface area is 270 Å². The van der Waals surface area contributed by atoms with Crippen LogP contribution in [0.5, 0.6) is 0 Å². The van der Waals surface area contributed by atoms with E-state index in [9.17, 15) is 18.3 Å². The molecule has 3 unspecified atom stereocenters. The van der Waals surface area contributed by atoms with Gasteiger partial charge in [-0.25, -0.2) is 13.2 Å². The molecule has 3 heterocycles. The Morgan fingerprint density at radius 1 is 1.11 bits per heavy atom. The fraction of sp³-hybridized carbons (Fsp3) is 0.588. The van der Waals surface area contributed by atoms with E-state index < -0.39 is 28.3 Å². The zero-order valence-electron chi connectivity index (χ0n) is 26.4. The van der Waals surface area contributed by atoms with Crippen LogP contribution < -0.4 is 10.6 Å². The van der Waals surface area contributed by atoms with Gasteiger partial charge in [0.15, 0.2) is 6.29 Å². The van der Waals surface area contributed by atoms with Crippen molar-refractivity contribution >= 4 is 27.6 Å². The summed E-state index contributed by atoms with van der Waals surface area (Å²) in [5.41, 5.74) is 2.66. The van der Waals surface area contributed by atoms with E-state index in [1.807, 2.05) is 44.2 Å². The number of hydrogen-bond donors (Lipinski definition) is 3. The number of ether oxygens (including phenoxy) is 3. The van der Waals surface area contributed by atoms with Gasteiger partial charge in [0, 0.05) is 43.0 Å². The van der Waals surface area contributed by atoms with Gasteiger partial charge in [-0.2, -0.15) is 4.31 Å². The Bertz CT molecular complexity index is 1560. The lowest BCUT2D eigenvalue weighted by Gasteiger charge is -2.31. The number of alkyl carbamates (subject to hydrolysis) is 1. The smallest absolute Gasteiger partial charge is 0.407 e. The number of aliphatic hydroxyl groups excluding tert-OH is 1. The molecule has 1 amide bonds. The van der Waals surface area contributed by atoms with Crippen molar-refractivity contribution in [1.82, 2.24) is 9.62 Å². The molecule has 7 atom stereocenters. The summed E-state index contributed by atoms with van der Waals surface area (Å²) in [7, 11) is -3.98. The molecule has 2 aliphatic carbocycles. The van der Waals surface area contributed by atoms with Crippen LogP contribution in [0.4, 0.5) is 10.5 Å². The summed E-state index contributed by atoms with van der Waals surface area (Å²) in [5, 5.41) is 17.9. The number of anilines is 1. The van der Waals surface area contributed by atoms with Gasteiger partial charge < -0.3 is 30.0 Å². The largest absolute Gasteiger partial charge is 0.445 e. The van der Waals surface area contributed by atoms with Gasteiger partial charge in [-0.1, -0.05) is 44.2 Å². The minimum atomic E-state index is -3.98. The minimum absolute atomic E-state index is 0.00208. The van der Waals surface area contributed by atoms with Crippen molar-refractivity contribution in [1.29, 1.82) is 0 Å². The molecule has 0 radical (unpaired) electrons. The zero-order chi connectivity index (χ0) is 32.0. The number of rotatable bonds is 12. The Hall–Kier alpha value is -3.03. The van der Waals surface area contributed by atoms with Gasteiger partial charge in [0.05, 0.1) is 36.3 Å². The molecule has 2 bridgehead atoms. The van der Waals surface area contributed by atoms with Crippen LogP contribution in [0.15, 0.2) is 58.4 Å². The van der Waals surface area contributed by atoms with Gasteiger partial charge in [-0.15, -0.1) is 0 Å². The lowest BCUT2D eigenvalue weighted by molar-refractivity contribution is -0.169. The minimum Gasteiger partial charge on any atom is -0.445 e. The number of benzene rings is 2. The fourth-order valence-electron chi connectivity index (χ4n) is 7.35. The number of aliphatic imine (C=N–C) groups is 1. The van der Waals surface area contributed by atoms with Gasteiger partial charge in [0.2, 0.25) is 10.0 Å². The van der Waals surface area contributed by atoms with Crippen molar-refractivity contribution in [3.63, 3.8) is 0 Å². The first-order chi connectivity index (χ1) is 22.1. The summed E-state index contributed by atoms with van der Waals surface area (Å²) < 4.78 is 47.1. The number of fused-ring (bicyclic) bond motifs is 2. The van der Waals surface area contributed by atoms with Crippen LogP contribution in [0.2, 0.25) is 0 Å². The highest BCUT2D eigenvalue weighted by Gasteiger charge is 2.56. The van der Waals surface area contributed by atoms with E-state index in [1.165, 1.54) is 4.31 Å². The molecular weight excluding hydrogens is 608 g/mol. The predicted molar refractivity (Wildman–Crippen MR) is 172 cm³/mol. The van der Waals surface area contributed by atoms with E-state index in [4.69, 9.17) is 19.2 Å². The third-order valence-electron chi connectivity index (χ3n) is 9.79. The maximum Gasteiger partial charge on any atom is 0.407 e. The first kappa shape index (κ1) is 31.6. The lowest BCUT2D eigenvalue weighted by Crippen LogP contribution is -2.52. The molecule has 0 aromatic heterocycles. The molecule has 2 aromatic rings. The third kappa shape index (κ3) is 6.68. The van der Waals surface area contributed by atoms with Crippen LogP contribution in [-0.2, 0) is 37.1 Å². The standard InChI is InChI=1S/C34H44N4O7S/c1-20(2)16-38(46(41,42)25-10-11-28-22(13-25)15-31(36-28)35-24-8-9-24)17-30(39)29(12-21-6-4-3-5-7-21)37-34(40)45-32-23-14-26-27(32)19-44-33(26)43-18-23/h3-7,10-11,13,20,23-24,26-27,29-30,32-33,39H,8-9,12,14-19H2,1-2H3,(H,35,36)(H,37,40)/t23?,26?,27?,29-,30+,32-,33-/m0/s1. The summed E-state index contributed by atoms with van der Waals surface area (Å²) >= 11 is 0. The number of aliphatic hydroxyl groups is 1. The van der Waals surface area contributed by atoms with Crippen LogP contribution in [0.3, 0.4) is 0 Å². The van der Waals surface area contributed by atoms with Gasteiger partial charge in [0.25, 0.3) is 0 Å². The van der Waals surface area contributed by atoms with Gasteiger partial charge in [-0.05, 0) is 60.9 Å². The molecule has 2 saturated heterocycles. The van der Waals surface area contributed by atoms with Crippen molar-refractivity contribution < 1.29 is 32.5 Å². The average molecular weight is 653 g/mol. The van der Waals surface area contributed by atoms with Crippen molar-refractivity contribution in [3.05, 3.63) is 59.7 Å². The fourth-order valence-corrected chi connectivity index (χ4v) is 9.03. The Balaban J connectivity index is 1.08. The Morgan fingerprint density at radius 2 is 1.89 bits per heavy atom. The van der Waals surface area contributed by atoms with Crippen LogP contribution in [0, 0.1) is 23.7 Å². The van der Waals surface area contributed by atoms with E-state index >= 15 is 0 Å². The van der Waals surface area contributed by atoms with Gasteiger partial charge in [-0.3, -0.25) is 4.99 Å². The maximum atomic E-state index is 14.1. The average Bonchev–Trinajstić information content (AvgIpc) is 3.48. The van der Waals surface area contributed by atoms with Crippen molar-refractivity contribution in [2.45, 2.75) is 81.4 Å². The topological polar surface area (TPSA) is 139 Å². The lowest BCUT2D eigenvalue weighted by atomic mass is 9.98. The van der Waals surface area contributed by atoms with Crippen molar-refractivity contribution in [2.24, 2.45) is 28.7 Å². The summed E-state index contributed by atoms with van der Waals surface area (Å²) in [6.45, 7) is 4.88. The molecule has 0 spiro atoms. The predicted octanol–water partition coefficient (Wildman–Crippen LogP) is 3.57. The molecule has 46 heavy (non-hydrogen) atoms. The number of hydrogen-bond acceptors (Lipinski definition) is 8. The molecule has 248 valence electrons. The van der Waals surface area contributed by atoms with E-state index in [1.54, 1.807) is 18.2 Å². The Kier molecular flexibility index (Phi) is 8.83. The zero-order valence-corrected chi connectivity index (χ0v) is 27.2. The van der Waals surface area contributed by atoms with Crippen LogP contribution >= 0.6 is 0 Å². The number of carbonyl (C=O) groups is 1.